The van der Waals surface area contributed by atoms with Crippen LogP contribution in [0.1, 0.15) is 11.8 Å². The Labute approximate surface area is 197 Å². The topological polar surface area (TPSA) is 84.3 Å². The molecular formula is C24H26FN3O5S. The van der Waals surface area contributed by atoms with Gasteiger partial charge >= 0.3 is 0 Å². The molecule has 0 bridgehead atoms. The maximum absolute atomic E-state index is 14.2. The summed E-state index contributed by atoms with van der Waals surface area (Å²) in [7, 11) is -3.79. The normalized spacial score (nSPS) is 17.5. The quantitative estimate of drug-likeness (QED) is 0.548. The van der Waals surface area contributed by atoms with Gasteiger partial charge < -0.3 is 18.8 Å². The van der Waals surface area contributed by atoms with Gasteiger partial charge in [-0.1, -0.05) is 12.1 Å². The van der Waals surface area contributed by atoms with Crippen molar-refractivity contribution in [3.05, 3.63) is 72.4 Å². The van der Waals surface area contributed by atoms with Crippen LogP contribution in [0.4, 0.5) is 10.1 Å². The summed E-state index contributed by atoms with van der Waals surface area (Å²) in [5.74, 6) is 1.38. The van der Waals surface area contributed by atoms with Crippen molar-refractivity contribution in [3.8, 4) is 11.5 Å². The molecule has 1 saturated heterocycles. The van der Waals surface area contributed by atoms with E-state index in [9.17, 15) is 12.8 Å². The minimum absolute atomic E-state index is 0.110. The third-order valence-electron chi connectivity index (χ3n) is 6.11. The molecule has 1 aromatic heterocycles. The second kappa shape index (κ2) is 9.65. The monoisotopic (exact) mass is 487 g/mol. The number of para-hydroxylation sites is 1. The molecule has 0 saturated carbocycles. The van der Waals surface area contributed by atoms with E-state index in [1.54, 1.807) is 30.5 Å². The number of anilines is 1. The van der Waals surface area contributed by atoms with Gasteiger partial charge in [0.15, 0.2) is 11.5 Å². The number of ether oxygens (including phenoxy) is 2. The molecule has 2 aliphatic heterocycles. The molecule has 2 aliphatic rings. The molecule has 1 atom stereocenters. The van der Waals surface area contributed by atoms with Crippen LogP contribution >= 0.6 is 0 Å². The van der Waals surface area contributed by atoms with E-state index in [4.69, 9.17) is 13.9 Å². The summed E-state index contributed by atoms with van der Waals surface area (Å²) >= 11 is 0. The molecule has 0 amide bonds. The van der Waals surface area contributed by atoms with Crippen LogP contribution < -0.4 is 19.1 Å². The van der Waals surface area contributed by atoms with Crippen LogP contribution in [0.5, 0.6) is 11.5 Å². The lowest BCUT2D eigenvalue weighted by molar-refractivity contribution is 0.166. The summed E-state index contributed by atoms with van der Waals surface area (Å²) in [6.45, 7) is 3.44. The fourth-order valence-electron chi connectivity index (χ4n) is 4.34. The van der Waals surface area contributed by atoms with Gasteiger partial charge in [-0.05, 0) is 36.4 Å². The summed E-state index contributed by atoms with van der Waals surface area (Å²) in [6, 6.07) is 14.6. The zero-order valence-corrected chi connectivity index (χ0v) is 19.3. The lowest BCUT2D eigenvalue weighted by Gasteiger charge is -2.39. The third kappa shape index (κ3) is 4.75. The van der Waals surface area contributed by atoms with E-state index in [0.29, 0.717) is 62.3 Å². The molecule has 0 radical (unpaired) electrons. The van der Waals surface area contributed by atoms with Gasteiger partial charge in [0.2, 0.25) is 10.0 Å². The van der Waals surface area contributed by atoms with Crippen molar-refractivity contribution >= 4 is 15.7 Å². The Morgan fingerprint density at radius 3 is 2.44 bits per heavy atom. The van der Waals surface area contributed by atoms with E-state index in [1.165, 1.54) is 18.2 Å². The average molecular weight is 488 g/mol. The fourth-order valence-corrected chi connectivity index (χ4v) is 5.39. The summed E-state index contributed by atoms with van der Waals surface area (Å²) in [4.78, 5) is 4.27. The average Bonchev–Trinajstić information content (AvgIpc) is 3.39. The number of nitrogens with one attached hydrogen (secondary N) is 1. The van der Waals surface area contributed by atoms with Crippen LogP contribution in [0.15, 0.2) is 70.2 Å². The first kappa shape index (κ1) is 22.7. The molecule has 0 aliphatic carbocycles. The van der Waals surface area contributed by atoms with Crippen molar-refractivity contribution in [3.63, 3.8) is 0 Å². The second-order valence-electron chi connectivity index (χ2n) is 8.16. The molecule has 34 heavy (non-hydrogen) atoms. The van der Waals surface area contributed by atoms with Crippen LogP contribution in [0.3, 0.4) is 0 Å². The number of sulfonamides is 1. The Bertz CT molecular complexity index is 1230. The van der Waals surface area contributed by atoms with E-state index < -0.39 is 10.0 Å². The van der Waals surface area contributed by atoms with Crippen molar-refractivity contribution in [1.82, 2.24) is 9.62 Å². The number of piperazine rings is 1. The smallest absolute Gasteiger partial charge is 0.240 e. The first-order valence-corrected chi connectivity index (χ1v) is 12.7. The van der Waals surface area contributed by atoms with Gasteiger partial charge in [-0.2, -0.15) is 0 Å². The number of rotatable bonds is 7. The molecule has 0 spiro atoms. The largest absolute Gasteiger partial charge is 0.486 e. The summed E-state index contributed by atoms with van der Waals surface area (Å²) in [5, 5.41) is 0. The number of hydrogen-bond donors (Lipinski definition) is 1. The number of halogens is 1. The Kier molecular flexibility index (Phi) is 6.44. The highest BCUT2D eigenvalue weighted by Gasteiger charge is 2.29. The number of hydrogen-bond acceptors (Lipinski definition) is 7. The molecule has 180 valence electrons. The van der Waals surface area contributed by atoms with E-state index in [1.807, 2.05) is 17.0 Å². The zero-order valence-electron chi connectivity index (χ0n) is 18.5. The second-order valence-corrected chi connectivity index (χ2v) is 9.93. The van der Waals surface area contributed by atoms with E-state index in [-0.39, 0.29) is 23.3 Å². The summed E-state index contributed by atoms with van der Waals surface area (Å²) in [6.07, 6.45) is 1.58. The van der Waals surface area contributed by atoms with Crippen LogP contribution in [0, 0.1) is 5.82 Å². The predicted octanol–water partition coefficient (Wildman–Crippen LogP) is 3.03. The molecule has 0 unspecified atom stereocenters. The van der Waals surface area contributed by atoms with Gasteiger partial charge in [-0.15, -0.1) is 0 Å². The van der Waals surface area contributed by atoms with E-state index >= 15 is 0 Å². The fraction of sp³-hybridized carbons (Fsp3) is 0.333. The molecule has 3 heterocycles. The van der Waals surface area contributed by atoms with Crippen LogP contribution in [0.2, 0.25) is 0 Å². The maximum atomic E-state index is 14.2. The maximum Gasteiger partial charge on any atom is 0.240 e. The Hall–Kier alpha value is -3.08. The number of fused-ring (bicyclic) bond motifs is 1. The first-order valence-electron chi connectivity index (χ1n) is 11.2. The highest BCUT2D eigenvalue weighted by atomic mass is 32.2. The molecule has 1 fully saturated rings. The third-order valence-corrected chi connectivity index (χ3v) is 7.53. The Morgan fingerprint density at radius 1 is 0.941 bits per heavy atom. The number of nitrogens with zero attached hydrogens (tertiary/aromatic N) is 2. The van der Waals surface area contributed by atoms with Gasteiger partial charge in [-0.25, -0.2) is 17.5 Å². The number of benzene rings is 2. The van der Waals surface area contributed by atoms with Crippen molar-refractivity contribution in [2.75, 3.05) is 50.8 Å². The van der Waals surface area contributed by atoms with Crippen molar-refractivity contribution in [2.45, 2.75) is 10.9 Å². The van der Waals surface area contributed by atoms with Crippen molar-refractivity contribution < 1.29 is 26.7 Å². The van der Waals surface area contributed by atoms with Gasteiger partial charge in [-0.3, -0.25) is 4.90 Å². The molecule has 3 aromatic rings. The summed E-state index contributed by atoms with van der Waals surface area (Å²) in [5.41, 5.74) is 0.580. The first-order chi connectivity index (χ1) is 16.5. The zero-order chi connectivity index (χ0) is 23.5. The van der Waals surface area contributed by atoms with Crippen LogP contribution in [-0.4, -0.2) is 59.3 Å². The standard InChI is InChI=1S/C24H26FN3O5S/c25-19-4-1-2-5-20(19)27-9-11-28(12-10-27)21(22-6-3-13-31-22)17-26-34(29,30)18-7-8-23-24(16-18)33-15-14-32-23/h1-8,13,16,21,26H,9-12,14-15,17H2/t21-/m0/s1. The molecular weight excluding hydrogens is 461 g/mol. The Balaban J connectivity index is 1.29. The van der Waals surface area contributed by atoms with Gasteiger partial charge in [0, 0.05) is 38.8 Å². The Morgan fingerprint density at radius 2 is 1.71 bits per heavy atom. The molecule has 5 rings (SSSR count). The molecule has 10 heteroatoms. The van der Waals surface area contributed by atoms with Crippen molar-refractivity contribution in [2.24, 2.45) is 0 Å². The van der Waals surface area contributed by atoms with Gasteiger partial charge in [0.1, 0.15) is 24.8 Å². The SMILES string of the molecule is O=S(=O)(NC[C@@H](c1ccco1)N1CCN(c2ccccc2F)CC1)c1ccc2c(c1)OCCO2. The van der Waals surface area contributed by atoms with Gasteiger partial charge in [0.05, 0.1) is 22.9 Å². The lowest BCUT2D eigenvalue weighted by atomic mass is 10.1. The minimum atomic E-state index is -3.79. The highest BCUT2D eigenvalue weighted by molar-refractivity contribution is 7.89. The minimum Gasteiger partial charge on any atom is -0.486 e. The van der Waals surface area contributed by atoms with Crippen LogP contribution in [0.25, 0.3) is 0 Å². The molecule has 8 nitrogen and oxygen atoms in total. The predicted molar refractivity (Wildman–Crippen MR) is 124 cm³/mol. The van der Waals surface area contributed by atoms with E-state index in [2.05, 4.69) is 9.62 Å². The van der Waals surface area contributed by atoms with Crippen LogP contribution in [-0.2, 0) is 10.0 Å². The van der Waals surface area contributed by atoms with Gasteiger partial charge in [0.25, 0.3) is 0 Å². The lowest BCUT2D eigenvalue weighted by Crippen LogP contribution is -2.50. The van der Waals surface area contributed by atoms with Crippen molar-refractivity contribution in [1.29, 1.82) is 0 Å². The van der Waals surface area contributed by atoms with E-state index in [0.717, 1.165) is 0 Å². The number of furan rings is 1. The summed E-state index contributed by atoms with van der Waals surface area (Å²) < 4.78 is 59.7. The molecule has 1 N–H and O–H groups in total. The molecule has 2 aromatic carbocycles. The highest BCUT2D eigenvalue weighted by Crippen LogP contribution is 2.32.